The first kappa shape index (κ1) is 16.6. The quantitative estimate of drug-likeness (QED) is 0.710. The van der Waals surface area contributed by atoms with Crippen molar-refractivity contribution in [1.82, 2.24) is 19.3 Å². The second-order valence-corrected chi connectivity index (χ2v) is 7.44. The largest absolute Gasteiger partial charge is 0.332 e. The highest BCUT2D eigenvalue weighted by atomic mass is 32.1. The van der Waals surface area contributed by atoms with Crippen LogP contribution in [0.15, 0.2) is 29.9 Å². The van der Waals surface area contributed by atoms with E-state index in [9.17, 15) is 4.79 Å². The van der Waals surface area contributed by atoms with Crippen molar-refractivity contribution in [3.05, 3.63) is 51.7 Å². The predicted octanol–water partition coefficient (Wildman–Crippen LogP) is 3.71. The van der Waals surface area contributed by atoms with Crippen molar-refractivity contribution >= 4 is 23.0 Å². The number of fused-ring (bicyclic) bond motifs is 1. The van der Waals surface area contributed by atoms with Crippen LogP contribution in [-0.2, 0) is 6.54 Å². The van der Waals surface area contributed by atoms with E-state index in [1.165, 1.54) is 10.4 Å². The van der Waals surface area contributed by atoms with Crippen LogP contribution in [0, 0.1) is 19.8 Å². The predicted molar refractivity (Wildman–Crippen MR) is 96.4 cm³/mol. The van der Waals surface area contributed by atoms with Crippen LogP contribution in [0.25, 0.3) is 5.78 Å². The lowest BCUT2D eigenvalue weighted by atomic mass is 10.1. The van der Waals surface area contributed by atoms with Gasteiger partial charge < -0.3 is 4.90 Å². The Balaban J connectivity index is 1.98. The number of carbonyl (C=O) groups is 1. The smallest absolute Gasteiger partial charge is 0.273 e. The molecule has 3 rings (SSSR count). The van der Waals surface area contributed by atoms with Crippen molar-refractivity contribution in [2.45, 2.75) is 34.2 Å². The Morgan fingerprint density at radius 2 is 2.17 bits per heavy atom. The molecule has 3 aromatic rings. The summed E-state index contributed by atoms with van der Waals surface area (Å²) in [7, 11) is 0. The van der Waals surface area contributed by atoms with Crippen LogP contribution in [0.2, 0.25) is 0 Å². The molecule has 0 spiro atoms. The molecule has 0 fully saturated rings. The summed E-state index contributed by atoms with van der Waals surface area (Å²) in [4.78, 5) is 25.1. The Morgan fingerprint density at radius 1 is 1.38 bits per heavy atom. The first-order chi connectivity index (χ1) is 11.5. The van der Waals surface area contributed by atoms with Gasteiger partial charge in [0.2, 0.25) is 5.78 Å². The second kappa shape index (κ2) is 6.73. The highest BCUT2D eigenvalue weighted by Crippen LogP contribution is 2.21. The fraction of sp³-hybridized carbons (Fsp3) is 0.389. The van der Waals surface area contributed by atoms with Gasteiger partial charge in [-0.05, 0) is 42.8 Å². The molecule has 0 atom stereocenters. The fourth-order valence-electron chi connectivity index (χ4n) is 2.80. The van der Waals surface area contributed by atoms with E-state index in [0.29, 0.717) is 30.5 Å². The number of amides is 1. The van der Waals surface area contributed by atoms with Crippen molar-refractivity contribution in [3.63, 3.8) is 0 Å². The van der Waals surface area contributed by atoms with E-state index < -0.39 is 0 Å². The van der Waals surface area contributed by atoms with Gasteiger partial charge in [-0.2, -0.15) is 0 Å². The van der Waals surface area contributed by atoms with Crippen molar-refractivity contribution in [1.29, 1.82) is 0 Å². The molecule has 0 aliphatic rings. The molecule has 0 aliphatic carbocycles. The number of nitrogens with zero attached hydrogens (tertiary/aromatic N) is 4. The van der Waals surface area contributed by atoms with Crippen molar-refractivity contribution in [2.75, 3.05) is 6.54 Å². The average Bonchev–Trinajstić information content (AvgIpc) is 3.08. The van der Waals surface area contributed by atoms with Gasteiger partial charge in [-0.1, -0.05) is 13.8 Å². The van der Waals surface area contributed by atoms with E-state index in [2.05, 4.69) is 42.2 Å². The number of imidazole rings is 1. The number of aromatic nitrogens is 3. The van der Waals surface area contributed by atoms with E-state index in [1.807, 2.05) is 24.1 Å². The third-order valence-electron chi connectivity index (χ3n) is 3.96. The number of thiophene rings is 1. The third kappa shape index (κ3) is 3.19. The molecule has 0 aliphatic heterocycles. The molecule has 0 N–H and O–H groups in total. The zero-order valence-electron chi connectivity index (χ0n) is 14.5. The normalized spacial score (nSPS) is 11.4. The van der Waals surface area contributed by atoms with Gasteiger partial charge >= 0.3 is 0 Å². The number of hydrogen-bond donors (Lipinski definition) is 0. The van der Waals surface area contributed by atoms with Gasteiger partial charge in [0, 0.05) is 23.8 Å². The highest BCUT2D eigenvalue weighted by Gasteiger charge is 2.24. The summed E-state index contributed by atoms with van der Waals surface area (Å²) in [6, 6.07) is 3.92. The minimum absolute atomic E-state index is 0.00880. The number of carbonyl (C=O) groups excluding carboxylic acids is 1. The molecule has 0 unspecified atom stereocenters. The third-order valence-corrected chi connectivity index (χ3v) is 4.96. The summed E-state index contributed by atoms with van der Waals surface area (Å²) < 4.78 is 1.78. The molecular weight excluding hydrogens is 320 g/mol. The van der Waals surface area contributed by atoms with Crippen LogP contribution < -0.4 is 0 Å². The first-order valence-electron chi connectivity index (χ1n) is 8.09. The maximum Gasteiger partial charge on any atom is 0.273 e. The van der Waals surface area contributed by atoms with Gasteiger partial charge in [0.05, 0.1) is 12.2 Å². The lowest BCUT2D eigenvalue weighted by Gasteiger charge is -2.24. The van der Waals surface area contributed by atoms with E-state index >= 15 is 0 Å². The van der Waals surface area contributed by atoms with E-state index in [-0.39, 0.29) is 5.91 Å². The Morgan fingerprint density at radius 3 is 2.83 bits per heavy atom. The minimum Gasteiger partial charge on any atom is -0.332 e. The molecule has 5 nitrogen and oxygen atoms in total. The molecule has 126 valence electrons. The molecule has 6 heteroatoms. The maximum absolute atomic E-state index is 13.3. The molecule has 1 amide bonds. The number of rotatable bonds is 5. The van der Waals surface area contributed by atoms with Crippen molar-refractivity contribution < 1.29 is 4.79 Å². The Labute approximate surface area is 146 Å². The highest BCUT2D eigenvalue weighted by molar-refractivity contribution is 7.10. The van der Waals surface area contributed by atoms with Crippen molar-refractivity contribution in [3.8, 4) is 0 Å². The van der Waals surface area contributed by atoms with Crippen LogP contribution in [0.3, 0.4) is 0 Å². The number of hydrogen-bond acceptors (Lipinski definition) is 4. The summed E-state index contributed by atoms with van der Waals surface area (Å²) in [6.45, 7) is 9.56. The van der Waals surface area contributed by atoms with Crippen LogP contribution in [0.5, 0.6) is 0 Å². The summed E-state index contributed by atoms with van der Waals surface area (Å²) >= 11 is 1.70. The minimum atomic E-state index is 0.00880. The van der Waals surface area contributed by atoms with E-state index in [1.54, 1.807) is 21.9 Å². The van der Waals surface area contributed by atoms with Gasteiger partial charge in [-0.15, -0.1) is 11.3 Å². The second-order valence-electron chi connectivity index (χ2n) is 6.44. The van der Waals surface area contributed by atoms with Crippen LogP contribution in [0.1, 0.15) is 40.5 Å². The molecule has 0 bridgehead atoms. The topological polar surface area (TPSA) is 50.5 Å². The molecule has 0 saturated heterocycles. The first-order valence-corrected chi connectivity index (χ1v) is 8.97. The summed E-state index contributed by atoms with van der Waals surface area (Å²) in [6.07, 6.45) is 3.54. The van der Waals surface area contributed by atoms with Gasteiger partial charge in [0.15, 0.2) is 0 Å². The zero-order valence-corrected chi connectivity index (χ0v) is 15.3. The van der Waals surface area contributed by atoms with Gasteiger partial charge in [0.1, 0.15) is 5.69 Å². The molecule has 0 saturated carbocycles. The molecule has 3 heterocycles. The average molecular weight is 342 g/mol. The molecular formula is C18H22N4OS. The summed E-state index contributed by atoms with van der Waals surface area (Å²) in [5.74, 6) is 0.969. The molecule has 24 heavy (non-hydrogen) atoms. The molecule has 0 radical (unpaired) electrons. The van der Waals surface area contributed by atoms with Crippen molar-refractivity contribution in [2.24, 2.45) is 5.92 Å². The van der Waals surface area contributed by atoms with E-state index in [4.69, 9.17) is 0 Å². The lowest BCUT2D eigenvalue weighted by molar-refractivity contribution is 0.0716. The Hall–Kier alpha value is -2.21. The summed E-state index contributed by atoms with van der Waals surface area (Å²) in [5.41, 5.74) is 2.56. The van der Waals surface area contributed by atoms with Crippen LogP contribution >= 0.6 is 11.3 Å². The number of aryl methyl sites for hydroxylation is 2. The van der Waals surface area contributed by atoms with Gasteiger partial charge in [0.25, 0.3) is 5.91 Å². The Bertz CT molecular complexity index is 865. The fourth-order valence-corrected chi connectivity index (χ4v) is 3.73. The van der Waals surface area contributed by atoms with E-state index in [0.717, 1.165) is 5.69 Å². The lowest BCUT2D eigenvalue weighted by Crippen LogP contribution is -2.34. The monoisotopic (exact) mass is 342 g/mol. The molecule has 0 aromatic carbocycles. The van der Waals surface area contributed by atoms with Gasteiger partial charge in [-0.25, -0.2) is 9.97 Å². The standard InChI is InChI=1S/C18H22N4OS/c1-12(2)10-21(11-15-13(3)6-9-24-15)17(23)16-14(4)20-18-19-7-5-8-22(16)18/h5-9,12H,10-11H2,1-4H3. The maximum atomic E-state index is 13.3. The van der Waals surface area contributed by atoms with Crippen LogP contribution in [0.4, 0.5) is 0 Å². The summed E-state index contributed by atoms with van der Waals surface area (Å²) in [5, 5.41) is 2.08. The Kier molecular flexibility index (Phi) is 4.66. The SMILES string of the molecule is Cc1ccsc1CN(CC(C)C)C(=O)c1c(C)nc2ncccn12. The van der Waals surface area contributed by atoms with Gasteiger partial charge in [-0.3, -0.25) is 9.20 Å². The zero-order chi connectivity index (χ0) is 17.3. The molecule has 3 aromatic heterocycles. The van der Waals surface area contributed by atoms with Crippen LogP contribution in [-0.4, -0.2) is 31.7 Å².